The fourth-order valence-electron chi connectivity index (χ4n) is 5.84. The van der Waals surface area contributed by atoms with Gasteiger partial charge in [0.05, 0.1) is 43.2 Å². The van der Waals surface area contributed by atoms with Gasteiger partial charge in [-0.1, -0.05) is 72.1 Å². The second-order valence-corrected chi connectivity index (χ2v) is 14.6. The van der Waals surface area contributed by atoms with Gasteiger partial charge in [-0.25, -0.2) is 0 Å². The number of Topliss-reactive ketones (excluding diaryl/α,β-unsaturated/α-hetero) is 1. The van der Waals surface area contributed by atoms with Gasteiger partial charge in [-0.3, -0.25) is 4.79 Å². The summed E-state index contributed by atoms with van der Waals surface area (Å²) in [5.74, 6) is 0.565. The van der Waals surface area contributed by atoms with Gasteiger partial charge in [0, 0.05) is 31.9 Å². The Morgan fingerprint density at radius 1 is 0.907 bits per heavy atom. The van der Waals surface area contributed by atoms with Gasteiger partial charge in [-0.05, 0) is 60.8 Å². The van der Waals surface area contributed by atoms with Crippen LogP contribution in [0, 0.1) is 17.8 Å². The van der Waals surface area contributed by atoms with E-state index in [9.17, 15) is 10.0 Å². The lowest BCUT2D eigenvalue weighted by Crippen LogP contribution is -2.51. The molecule has 43 heavy (non-hydrogen) atoms. The normalized spacial score (nSPS) is 20.8. The zero-order chi connectivity index (χ0) is 32.7. The Hall–Kier alpha value is -0.610. The predicted molar refractivity (Wildman–Crippen MR) is 173 cm³/mol. The number of ether oxygens (including phenoxy) is 5. The van der Waals surface area contributed by atoms with Crippen LogP contribution in [0.1, 0.15) is 133 Å². The van der Waals surface area contributed by atoms with E-state index < -0.39 is 16.8 Å². The first-order valence-corrected chi connectivity index (χ1v) is 17.2. The van der Waals surface area contributed by atoms with Crippen molar-refractivity contribution >= 4 is 5.78 Å². The highest BCUT2D eigenvalue weighted by Crippen LogP contribution is 2.39. The number of hydrogen-bond acceptors (Lipinski definition) is 8. The van der Waals surface area contributed by atoms with Crippen molar-refractivity contribution in [2.75, 3.05) is 40.2 Å². The molecule has 0 aromatic carbocycles. The van der Waals surface area contributed by atoms with Gasteiger partial charge in [0.25, 0.3) is 0 Å². The van der Waals surface area contributed by atoms with Crippen LogP contribution in [-0.2, 0) is 28.5 Å². The molecule has 0 saturated carbocycles. The molecule has 1 N–H and O–H groups in total. The van der Waals surface area contributed by atoms with Gasteiger partial charge in [0.15, 0.2) is 5.78 Å². The molecule has 3 unspecified atom stereocenters. The molecule has 0 aromatic heterocycles. The van der Waals surface area contributed by atoms with Crippen molar-refractivity contribution in [2.24, 2.45) is 17.8 Å². The minimum absolute atomic E-state index is 0.0951. The highest BCUT2D eigenvalue weighted by Gasteiger charge is 2.49. The number of rotatable bonds is 25. The lowest BCUT2D eigenvalue weighted by atomic mass is 9.80. The molecule has 0 aliphatic carbocycles. The highest BCUT2D eigenvalue weighted by molar-refractivity contribution is 5.86. The summed E-state index contributed by atoms with van der Waals surface area (Å²) in [4.78, 5) is 13.0. The molecule has 8 heteroatoms. The van der Waals surface area contributed by atoms with Gasteiger partial charge in [-0.15, -0.1) is 0 Å². The summed E-state index contributed by atoms with van der Waals surface area (Å²) in [6.07, 6.45) is 11.2. The van der Waals surface area contributed by atoms with Crippen molar-refractivity contribution in [1.82, 2.24) is 5.06 Å². The van der Waals surface area contributed by atoms with Crippen LogP contribution >= 0.6 is 0 Å². The largest absolute Gasteiger partial charge is 0.375 e. The molecule has 0 radical (unpaired) electrons. The quantitative estimate of drug-likeness (QED) is 0.0632. The maximum atomic E-state index is 13.0. The molecule has 0 spiro atoms. The fraction of sp³-hybridized carbons (Fsp3) is 0.971. The van der Waals surface area contributed by atoms with Crippen molar-refractivity contribution in [2.45, 2.75) is 162 Å². The number of hydroxylamine groups is 2. The fourth-order valence-corrected chi connectivity index (χ4v) is 5.84. The summed E-state index contributed by atoms with van der Waals surface area (Å²) in [5, 5.41) is 10.8. The Morgan fingerprint density at radius 2 is 1.49 bits per heavy atom. The summed E-state index contributed by atoms with van der Waals surface area (Å²) >= 11 is 0. The third-order valence-electron chi connectivity index (χ3n) is 8.96. The van der Waals surface area contributed by atoms with Crippen LogP contribution in [0.15, 0.2) is 0 Å². The van der Waals surface area contributed by atoms with E-state index in [1.165, 1.54) is 44.9 Å². The van der Waals surface area contributed by atoms with Crippen molar-refractivity contribution < 1.29 is 33.7 Å². The Morgan fingerprint density at radius 3 is 2.02 bits per heavy atom. The van der Waals surface area contributed by atoms with E-state index in [-0.39, 0.29) is 36.6 Å². The first-order chi connectivity index (χ1) is 20.1. The van der Waals surface area contributed by atoms with E-state index in [1.54, 1.807) is 7.05 Å². The number of hydrogen-bond donors (Lipinski definition) is 1. The van der Waals surface area contributed by atoms with Gasteiger partial charge in [0.1, 0.15) is 12.3 Å². The minimum atomic E-state index is -0.862. The van der Waals surface area contributed by atoms with Crippen LogP contribution in [0.25, 0.3) is 0 Å². The predicted octanol–water partition coefficient (Wildman–Crippen LogP) is 7.83. The van der Waals surface area contributed by atoms with Crippen molar-refractivity contribution in [1.29, 1.82) is 0 Å². The number of carbonyl (C=O) groups is 1. The molecule has 0 amide bonds. The van der Waals surface area contributed by atoms with Gasteiger partial charge in [0.2, 0.25) is 0 Å². The van der Waals surface area contributed by atoms with E-state index in [4.69, 9.17) is 23.7 Å². The van der Waals surface area contributed by atoms with Crippen LogP contribution in [0.2, 0.25) is 0 Å². The molecule has 8 nitrogen and oxygen atoms in total. The smallest absolute Gasteiger partial charge is 0.164 e. The molecular weight excluding hydrogens is 546 g/mol. The van der Waals surface area contributed by atoms with E-state index in [1.807, 2.05) is 34.6 Å². The van der Waals surface area contributed by atoms with Crippen LogP contribution in [0.4, 0.5) is 0 Å². The summed E-state index contributed by atoms with van der Waals surface area (Å²) < 4.78 is 31.6. The summed E-state index contributed by atoms with van der Waals surface area (Å²) in [5.41, 5.74) is -2.04. The van der Waals surface area contributed by atoms with Gasteiger partial charge < -0.3 is 28.9 Å². The average Bonchev–Trinajstić information content (AvgIpc) is 3.33. The highest BCUT2D eigenvalue weighted by atomic mass is 16.6. The average molecular weight is 616 g/mol. The molecule has 256 valence electrons. The first kappa shape index (κ1) is 40.4. The van der Waals surface area contributed by atoms with E-state index in [0.29, 0.717) is 38.8 Å². The SMILES string of the molecule is CCCCCCCCCCCC(=O)C(C)(C)OCC(C)(C)OCC(C1OCC(C(C)C)[C@@H]1OCN(C)O)C(C)(C)OCC. The standard InChI is InChI=1S/C35H69NO7/c1-12-14-15-16-17-18-19-20-21-22-30(37)35(9,10)43-25-33(5,6)42-24-29(34(7,8)41-13-2)32-31(40-26-36(11)38)28(23-39-32)27(3)4/h27-29,31-32,38H,12-26H2,1-11H3/t28?,29?,31-,32?/m0/s1. The summed E-state index contributed by atoms with van der Waals surface area (Å²) in [6.45, 7) is 22.4. The molecule has 0 aromatic rings. The molecule has 0 bridgehead atoms. The first-order valence-electron chi connectivity index (χ1n) is 17.2. The second kappa shape index (κ2) is 19.8. The Balaban J connectivity index is 2.74. The number of unbranched alkanes of at least 4 members (excludes halogenated alkanes) is 8. The number of carbonyl (C=O) groups excluding carboxylic acids is 1. The van der Waals surface area contributed by atoms with E-state index in [0.717, 1.165) is 17.9 Å². The molecule has 1 aliphatic heterocycles. The Kier molecular flexibility index (Phi) is 18.6. The molecule has 1 aliphatic rings. The molecular formula is C35H69NO7. The summed E-state index contributed by atoms with van der Waals surface area (Å²) in [6, 6.07) is 0. The van der Waals surface area contributed by atoms with Crippen molar-refractivity contribution in [3.63, 3.8) is 0 Å². The minimum Gasteiger partial charge on any atom is -0.375 e. The number of nitrogens with zero attached hydrogens (tertiary/aromatic N) is 1. The zero-order valence-corrected chi connectivity index (χ0v) is 29.8. The lowest BCUT2D eigenvalue weighted by Gasteiger charge is -2.41. The molecule has 1 fully saturated rings. The zero-order valence-electron chi connectivity index (χ0n) is 29.8. The van der Waals surface area contributed by atoms with Crippen molar-refractivity contribution in [3.8, 4) is 0 Å². The van der Waals surface area contributed by atoms with Crippen molar-refractivity contribution in [3.05, 3.63) is 0 Å². The monoisotopic (exact) mass is 616 g/mol. The van der Waals surface area contributed by atoms with Crippen LogP contribution in [0.3, 0.4) is 0 Å². The molecule has 1 saturated heterocycles. The molecule has 4 atom stereocenters. The Labute approximate surface area is 264 Å². The topological polar surface area (TPSA) is 86.7 Å². The maximum Gasteiger partial charge on any atom is 0.164 e. The van der Waals surface area contributed by atoms with E-state index in [2.05, 4.69) is 34.6 Å². The van der Waals surface area contributed by atoms with E-state index >= 15 is 0 Å². The third kappa shape index (κ3) is 15.0. The third-order valence-corrected chi connectivity index (χ3v) is 8.96. The molecule has 1 heterocycles. The van der Waals surface area contributed by atoms with Crippen LogP contribution in [0.5, 0.6) is 0 Å². The van der Waals surface area contributed by atoms with Gasteiger partial charge in [-0.2, -0.15) is 5.06 Å². The lowest BCUT2D eigenvalue weighted by molar-refractivity contribution is -0.199. The molecule has 1 rings (SSSR count). The van der Waals surface area contributed by atoms with Gasteiger partial charge >= 0.3 is 0 Å². The Bertz CT molecular complexity index is 752. The maximum absolute atomic E-state index is 13.0. The second-order valence-electron chi connectivity index (χ2n) is 14.6. The van der Waals surface area contributed by atoms with Crippen LogP contribution in [-0.4, -0.2) is 85.3 Å². The van der Waals surface area contributed by atoms with Crippen LogP contribution < -0.4 is 0 Å². The number of ketones is 1. The summed E-state index contributed by atoms with van der Waals surface area (Å²) in [7, 11) is 1.57.